The summed E-state index contributed by atoms with van der Waals surface area (Å²) in [6.45, 7) is 0. The average Bonchev–Trinajstić information content (AvgIpc) is 3.16. The number of halogens is 1. The summed E-state index contributed by atoms with van der Waals surface area (Å²) in [6, 6.07) is 9.35. The summed E-state index contributed by atoms with van der Waals surface area (Å²) < 4.78 is 0. The number of H-pyrrole nitrogens is 1. The first-order valence-electron chi connectivity index (χ1n) is 8.18. The number of allylic oxidation sites excluding steroid dienone is 3. The minimum absolute atomic E-state index is 0.0240. The molecule has 1 aliphatic heterocycles. The first-order chi connectivity index (χ1) is 12.6. The first kappa shape index (κ1) is 16.4. The van der Waals surface area contributed by atoms with Crippen LogP contribution in [0.3, 0.4) is 0 Å². The number of nitrogens with zero attached hydrogens (tertiary/aromatic N) is 4. The fourth-order valence-corrected chi connectivity index (χ4v) is 3.75. The van der Waals surface area contributed by atoms with Crippen molar-refractivity contribution in [2.45, 2.75) is 25.2 Å². The van der Waals surface area contributed by atoms with Crippen LogP contribution in [0.4, 0.5) is 5.95 Å². The number of aromatic amines is 1. The molecular formula is C18H15ClN6O. The molecule has 1 aromatic carbocycles. The van der Waals surface area contributed by atoms with E-state index in [4.69, 9.17) is 17.3 Å². The van der Waals surface area contributed by atoms with Crippen LogP contribution in [0.5, 0.6) is 0 Å². The number of benzene rings is 1. The van der Waals surface area contributed by atoms with E-state index in [1.54, 1.807) is 17.0 Å². The number of carbonyl (C=O) groups is 1. The fraction of sp³-hybridized carbons (Fsp3) is 0.222. The van der Waals surface area contributed by atoms with Crippen LogP contribution in [0.15, 0.2) is 53.3 Å². The Hall–Kier alpha value is -3.11. The van der Waals surface area contributed by atoms with Gasteiger partial charge in [0.15, 0.2) is 5.78 Å². The van der Waals surface area contributed by atoms with Crippen LogP contribution in [-0.2, 0) is 4.79 Å². The lowest BCUT2D eigenvalue weighted by Gasteiger charge is -2.38. The zero-order valence-corrected chi connectivity index (χ0v) is 14.5. The number of hydrogen-bond acceptors (Lipinski definition) is 6. The monoisotopic (exact) mass is 366 g/mol. The molecule has 0 spiro atoms. The molecule has 3 N–H and O–H groups in total. The van der Waals surface area contributed by atoms with Crippen LogP contribution >= 0.6 is 11.6 Å². The number of hydrogen-bond donors (Lipinski definition) is 2. The standard InChI is InChI=1S/C18H15ClN6O/c19-11-6-4-10(5-7-11)15-12(8-20)17(21)25(18-22-9-23-24-18)13-2-1-3-14(26)16(13)15/h4-7,9,15H,1-3,21H2,(H,22,23,24)/t15-/m1/s1. The van der Waals surface area contributed by atoms with E-state index in [1.165, 1.54) is 6.33 Å². The highest BCUT2D eigenvalue weighted by atomic mass is 35.5. The maximum Gasteiger partial charge on any atom is 0.231 e. The van der Waals surface area contributed by atoms with E-state index in [2.05, 4.69) is 21.3 Å². The van der Waals surface area contributed by atoms with Gasteiger partial charge in [-0.25, -0.2) is 5.10 Å². The fourth-order valence-electron chi connectivity index (χ4n) is 3.62. The maximum atomic E-state index is 12.8. The molecule has 1 atom stereocenters. The Morgan fingerprint density at radius 3 is 2.73 bits per heavy atom. The summed E-state index contributed by atoms with van der Waals surface area (Å²) >= 11 is 6.00. The summed E-state index contributed by atoms with van der Waals surface area (Å²) in [5.74, 6) is 0.180. The van der Waals surface area contributed by atoms with E-state index < -0.39 is 5.92 Å². The molecule has 0 saturated carbocycles. The maximum absolute atomic E-state index is 12.8. The van der Waals surface area contributed by atoms with Crippen LogP contribution in [0.1, 0.15) is 30.7 Å². The Morgan fingerprint density at radius 1 is 1.31 bits per heavy atom. The smallest absolute Gasteiger partial charge is 0.231 e. The number of nitrogens with one attached hydrogen (secondary N) is 1. The summed E-state index contributed by atoms with van der Waals surface area (Å²) in [5, 5.41) is 17.0. The van der Waals surface area contributed by atoms with Crippen molar-refractivity contribution in [2.75, 3.05) is 4.90 Å². The molecule has 0 unspecified atom stereocenters. The van der Waals surface area contributed by atoms with Gasteiger partial charge in [0, 0.05) is 22.7 Å². The molecule has 0 saturated heterocycles. The normalized spacial score (nSPS) is 20.2. The van der Waals surface area contributed by atoms with Gasteiger partial charge in [-0.15, -0.1) is 0 Å². The van der Waals surface area contributed by atoms with Crippen LogP contribution < -0.4 is 10.6 Å². The van der Waals surface area contributed by atoms with Crippen molar-refractivity contribution in [1.29, 1.82) is 5.26 Å². The number of Topliss-reactive ketones (excluding diaryl/α,β-unsaturated/α-hetero) is 1. The molecule has 0 radical (unpaired) electrons. The minimum Gasteiger partial charge on any atom is -0.384 e. The number of anilines is 1. The van der Waals surface area contributed by atoms with Crippen molar-refractivity contribution < 1.29 is 4.79 Å². The van der Waals surface area contributed by atoms with Crippen molar-refractivity contribution in [1.82, 2.24) is 15.2 Å². The lowest BCUT2D eigenvalue weighted by Crippen LogP contribution is -2.39. The van der Waals surface area contributed by atoms with Gasteiger partial charge in [0.1, 0.15) is 12.1 Å². The molecular weight excluding hydrogens is 352 g/mol. The van der Waals surface area contributed by atoms with Gasteiger partial charge in [-0.3, -0.25) is 9.69 Å². The number of nitriles is 1. The molecule has 8 heteroatoms. The van der Waals surface area contributed by atoms with Crippen molar-refractivity contribution in [3.8, 4) is 6.07 Å². The van der Waals surface area contributed by atoms with Gasteiger partial charge >= 0.3 is 0 Å². The Labute approximate surface area is 154 Å². The summed E-state index contributed by atoms with van der Waals surface area (Å²) in [6.07, 6.45) is 3.21. The Morgan fingerprint density at radius 2 is 2.08 bits per heavy atom. The van der Waals surface area contributed by atoms with Gasteiger partial charge in [-0.1, -0.05) is 23.7 Å². The van der Waals surface area contributed by atoms with Gasteiger partial charge < -0.3 is 5.73 Å². The second-order valence-electron chi connectivity index (χ2n) is 6.18. The molecule has 2 aliphatic rings. The highest BCUT2D eigenvalue weighted by molar-refractivity contribution is 6.30. The topological polar surface area (TPSA) is 112 Å². The zero-order valence-electron chi connectivity index (χ0n) is 13.7. The predicted molar refractivity (Wildman–Crippen MR) is 95.8 cm³/mol. The lowest BCUT2D eigenvalue weighted by molar-refractivity contribution is -0.116. The van der Waals surface area contributed by atoms with Crippen LogP contribution in [0, 0.1) is 11.3 Å². The molecule has 0 amide bonds. The minimum atomic E-state index is -0.501. The third kappa shape index (κ3) is 2.47. The third-order valence-electron chi connectivity index (χ3n) is 4.73. The van der Waals surface area contributed by atoms with Gasteiger partial charge in [0.2, 0.25) is 5.95 Å². The largest absolute Gasteiger partial charge is 0.384 e. The lowest BCUT2D eigenvalue weighted by atomic mass is 9.76. The van der Waals surface area contributed by atoms with Crippen LogP contribution in [0.25, 0.3) is 0 Å². The average molecular weight is 367 g/mol. The summed E-state index contributed by atoms with van der Waals surface area (Å²) in [4.78, 5) is 18.6. The molecule has 2 aromatic rings. The summed E-state index contributed by atoms with van der Waals surface area (Å²) in [7, 11) is 0. The van der Waals surface area contributed by atoms with Crippen molar-refractivity contribution in [2.24, 2.45) is 5.73 Å². The zero-order chi connectivity index (χ0) is 18.3. The molecule has 0 fully saturated rings. The number of aromatic nitrogens is 3. The van der Waals surface area contributed by atoms with E-state index >= 15 is 0 Å². The van der Waals surface area contributed by atoms with Crippen molar-refractivity contribution in [3.63, 3.8) is 0 Å². The number of ketones is 1. The number of nitrogens with two attached hydrogens (primary N) is 1. The second kappa shape index (κ2) is 6.32. The number of carbonyl (C=O) groups excluding carboxylic acids is 1. The molecule has 2 heterocycles. The predicted octanol–water partition coefficient (Wildman–Crippen LogP) is 2.76. The van der Waals surface area contributed by atoms with Crippen molar-refractivity contribution in [3.05, 3.63) is 63.8 Å². The van der Waals surface area contributed by atoms with Crippen LogP contribution in [-0.4, -0.2) is 21.0 Å². The van der Waals surface area contributed by atoms with Gasteiger partial charge in [0.05, 0.1) is 17.6 Å². The first-order valence-corrected chi connectivity index (χ1v) is 8.56. The highest BCUT2D eigenvalue weighted by Gasteiger charge is 2.40. The molecule has 26 heavy (non-hydrogen) atoms. The Kier molecular flexibility index (Phi) is 3.98. The quantitative estimate of drug-likeness (QED) is 0.845. The molecule has 130 valence electrons. The van der Waals surface area contributed by atoms with E-state index in [0.717, 1.165) is 17.7 Å². The second-order valence-corrected chi connectivity index (χ2v) is 6.61. The third-order valence-corrected chi connectivity index (χ3v) is 4.98. The molecule has 0 bridgehead atoms. The van der Waals surface area contributed by atoms with E-state index in [9.17, 15) is 10.1 Å². The van der Waals surface area contributed by atoms with Gasteiger partial charge in [-0.05, 0) is 30.5 Å². The molecule has 4 rings (SSSR count). The van der Waals surface area contributed by atoms with Crippen molar-refractivity contribution >= 4 is 23.3 Å². The van der Waals surface area contributed by atoms with Gasteiger partial charge in [0.25, 0.3) is 0 Å². The number of rotatable bonds is 2. The molecule has 1 aromatic heterocycles. The van der Waals surface area contributed by atoms with E-state index in [-0.39, 0.29) is 11.6 Å². The Bertz CT molecular complexity index is 968. The SMILES string of the molecule is N#CC1=C(N)N(c2ncn[nH]2)C2=C(C(=O)CCC2)[C@@H]1c1ccc(Cl)cc1. The van der Waals surface area contributed by atoms with E-state index in [0.29, 0.717) is 35.0 Å². The van der Waals surface area contributed by atoms with Gasteiger partial charge in [-0.2, -0.15) is 15.3 Å². The molecule has 1 aliphatic carbocycles. The van der Waals surface area contributed by atoms with E-state index in [1.807, 2.05) is 12.1 Å². The summed E-state index contributed by atoms with van der Waals surface area (Å²) in [5.41, 5.74) is 8.86. The Balaban J connectivity index is 1.96. The molecule has 7 nitrogen and oxygen atoms in total. The van der Waals surface area contributed by atoms with Crippen LogP contribution in [0.2, 0.25) is 5.02 Å². The highest BCUT2D eigenvalue weighted by Crippen LogP contribution is 2.45.